The van der Waals surface area contributed by atoms with Crippen molar-refractivity contribution in [1.29, 1.82) is 0 Å². The Morgan fingerprint density at radius 3 is 1.65 bits per heavy atom. The summed E-state index contributed by atoms with van der Waals surface area (Å²) in [6.45, 7) is 7.31. The van der Waals surface area contributed by atoms with Crippen LogP contribution in [0.4, 0.5) is 0 Å². The van der Waals surface area contributed by atoms with Crippen molar-refractivity contribution in [2.45, 2.75) is 32.3 Å². The van der Waals surface area contributed by atoms with Gasteiger partial charge in [-0.2, -0.15) is 0 Å². The maximum Gasteiger partial charge on any atom is 0.104 e. The third-order valence-corrected chi connectivity index (χ3v) is 4.44. The fourth-order valence-corrected chi connectivity index (χ4v) is 3.06. The first kappa shape index (κ1) is 21.6. The van der Waals surface area contributed by atoms with Crippen LogP contribution < -0.4 is 4.90 Å². The fourth-order valence-electron chi connectivity index (χ4n) is 3.06. The largest absolute Gasteiger partial charge is 0.387 e. The second-order valence-electron chi connectivity index (χ2n) is 6.15. The van der Waals surface area contributed by atoms with E-state index >= 15 is 0 Å². The lowest BCUT2D eigenvalue weighted by Crippen LogP contribution is -3.12. The lowest BCUT2D eigenvalue weighted by Gasteiger charge is -2.24. The normalized spacial score (nSPS) is 11.7. The molecule has 2 aromatic rings. The second-order valence-corrected chi connectivity index (χ2v) is 6.15. The number of likely N-dealkylation sites (N-methyl/N-ethyl adjacent to an activating group) is 1. The molecule has 1 unspecified atom stereocenters. The van der Waals surface area contributed by atoms with E-state index in [0.717, 1.165) is 26.1 Å². The molecule has 0 saturated carbocycles. The lowest BCUT2D eigenvalue weighted by atomic mass is 9.86. The topological polar surface area (TPSA) is 90.9 Å². The van der Waals surface area contributed by atoms with Crippen LogP contribution in [0.3, 0.4) is 0 Å². The maximum absolute atomic E-state index is 10.6. The highest BCUT2D eigenvalue weighted by Crippen LogP contribution is 2.28. The molecule has 0 bridgehead atoms. The molecule has 2 rings (SSSR count). The zero-order chi connectivity index (χ0) is 19.4. The van der Waals surface area contributed by atoms with E-state index in [9.17, 15) is 5.11 Å². The summed E-state index contributed by atoms with van der Waals surface area (Å²) in [6.07, 6.45) is 0.498. The second kappa shape index (κ2) is 12.0. The summed E-state index contributed by atoms with van der Waals surface area (Å²) in [4.78, 5) is 9.70. The number of hydrogen-bond donors (Lipinski definition) is 2. The molecule has 0 saturated heterocycles. The van der Waals surface area contributed by atoms with Crippen molar-refractivity contribution in [3.63, 3.8) is 0 Å². The van der Waals surface area contributed by atoms with E-state index in [-0.39, 0.29) is 12.0 Å². The summed E-state index contributed by atoms with van der Waals surface area (Å²) >= 11 is 0. The molecule has 0 aliphatic carbocycles. The van der Waals surface area contributed by atoms with Crippen molar-refractivity contribution in [2.75, 3.05) is 19.6 Å². The molecule has 2 aromatic carbocycles. The van der Waals surface area contributed by atoms with Gasteiger partial charge in [0.2, 0.25) is 0 Å². The van der Waals surface area contributed by atoms with Crippen molar-refractivity contribution >= 4 is 0 Å². The first-order chi connectivity index (χ1) is 12.5. The predicted molar refractivity (Wildman–Crippen MR) is 103 cm³/mol. The van der Waals surface area contributed by atoms with Crippen LogP contribution in [0.15, 0.2) is 60.7 Å². The van der Waals surface area contributed by atoms with E-state index < -0.39 is 5.09 Å². The van der Waals surface area contributed by atoms with Crippen molar-refractivity contribution in [3.05, 3.63) is 87.1 Å². The molecule has 6 heteroatoms. The number of nitrogens with one attached hydrogen (secondary N) is 1. The number of rotatable bonds is 8. The predicted octanol–water partition coefficient (Wildman–Crippen LogP) is 2.26. The van der Waals surface area contributed by atoms with Gasteiger partial charge in [-0.25, -0.2) is 0 Å². The molecule has 1 atom stereocenters. The Balaban J connectivity index is 0.000000765. The average Bonchev–Trinajstić information content (AvgIpc) is 2.65. The third-order valence-electron chi connectivity index (χ3n) is 4.44. The maximum atomic E-state index is 10.6. The Morgan fingerprint density at radius 2 is 1.31 bits per heavy atom. The van der Waals surface area contributed by atoms with E-state index in [1.807, 2.05) is 12.1 Å². The van der Waals surface area contributed by atoms with Gasteiger partial charge in [-0.3, -0.25) is 0 Å². The van der Waals surface area contributed by atoms with E-state index in [0.29, 0.717) is 0 Å². The number of hydrogen-bond acceptors (Lipinski definition) is 4. The van der Waals surface area contributed by atoms with Crippen molar-refractivity contribution in [3.8, 4) is 0 Å². The quantitative estimate of drug-likeness (QED) is 0.558. The molecule has 0 radical (unpaired) electrons. The Morgan fingerprint density at radius 1 is 0.923 bits per heavy atom. The van der Waals surface area contributed by atoms with E-state index in [1.165, 1.54) is 16.0 Å². The summed E-state index contributed by atoms with van der Waals surface area (Å²) in [6, 6.07) is 21.0. The minimum atomic E-state index is -1.75. The van der Waals surface area contributed by atoms with Gasteiger partial charge in [0.05, 0.1) is 18.2 Å². The van der Waals surface area contributed by atoms with Crippen LogP contribution >= 0.6 is 0 Å². The molecule has 0 aliphatic heterocycles. The Kier molecular flexibility index (Phi) is 9.97. The van der Waals surface area contributed by atoms with Crippen LogP contribution in [-0.4, -0.2) is 35.9 Å². The highest BCUT2D eigenvalue weighted by molar-refractivity contribution is 5.32. The fraction of sp³-hybridized carbons (Fsp3) is 0.400. The number of quaternary nitrogens is 1. The van der Waals surface area contributed by atoms with Crippen LogP contribution in [0.2, 0.25) is 0 Å². The van der Waals surface area contributed by atoms with Crippen LogP contribution in [0.5, 0.6) is 0 Å². The highest BCUT2D eigenvalue weighted by Gasteiger charge is 2.21. The molecule has 0 aromatic heterocycles. The molecule has 0 spiro atoms. The summed E-state index contributed by atoms with van der Waals surface area (Å²) in [5.74, 6) is 0.257. The van der Waals surface area contributed by atoms with Crippen LogP contribution in [0.1, 0.15) is 37.3 Å². The first-order valence-electron chi connectivity index (χ1n) is 8.90. The zero-order valence-electron chi connectivity index (χ0n) is 15.4. The third kappa shape index (κ3) is 8.09. The van der Waals surface area contributed by atoms with Crippen LogP contribution in [0, 0.1) is 15.3 Å². The van der Waals surface area contributed by atoms with Gasteiger partial charge in [-0.05, 0) is 31.4 Å². The van der Waals surface area contributed by atoms with Crippen LogP contribution in [-0.2, 0) is 0 Å². The van der Waals surface area contributed by atoms with Gasteiger partial charge in [0.15, 0.2) is 0 Å². The van der Waals surface area contributed by atoms with Crippen LogP contribution in [0.25, 0.3) is 0 Å². The molecule has 142 valence electrons. The monoisotopic (exact) mass is 360 g/mol. The van der Waals surface area contributed by atoms with Gasteiger partial charge >= 0.3 is 0 Å². The Labute approximate surface area is 154 Å². The summed E-state index contributed by atoms with van der Waals surface area (Å²) in [5.41, 5.74) is 2.56. The van der Waals surface area contributed by atoms with Crippen molar-refractivity contribution in [1.82, 2.24) is 0 Å². The molecule has 0 aliphatic rings. The van der Waals surface area contributed by atoms with Gasteiger partial charge in [0.1, 0.15) is 12.6 Å². The van der Waals surface area contributed by atoms with E-state index in [4.69, 9.17) is 15.3 Å². The zero-order valence-corrected chi connectivity index (χ0v) is 15.4. The van der Waals surface area contributed by atoms with Gasteiger partial charge in [0.25, 0.3) is 0 Å². The van der Waals surface area contributed by atoms with E-state index in [2.05, 4.69) is 62.4 Å². The Bertz CT molecular complexity index is 575. The Hall–Kier alpha value is -2.44. The van der Waals surface area contributed by atoms with Crippen molar-refractivity contribution in [2.24, 2.45) is 0 Å². The highest BCUT2D eigenvalue weighted by atomic mass is 16.9. The summed E-state index contributed by atoms with van der Waals surface area (Å²) in [5, 5.41) is 25.3. The minimum Gasteiger partial charge on any atom is -0.387 e. The van der Waals surface area contributed by atoms with E-state index in [1.54, 1.807) is 0 Å². The molecular formula is C20H28N2O4. The standard InChI is InChI=1S/C20H27NO.NO3/c1-3-21(4-2)16-19(22)15-20(17-11-7-5-8-12-17)18-13-9-6-10-14-18;2-1(3)4/h5-14,19-20,22H,3-4,15-16H2,1-2H3;/q;-1/p+1. The molecular weight excluding hydrogens is 332 g/mol. The number of benzene rings is 2. The minimum absolute atomic E-state index is 0.257. The number of aliphatic hydroxyl groups is 1. The molecule has 6 nitrogen and oxygen atoms in total. The molecule has 26 heavy (non-hydrogen) atoms. The molecule has 0 amide bonds. The summed E-state index contributed by atoms with van der Waals surface area (Å²) < 4.78 is 0. The summed E-state index contributed by atoms with van der Waals surface area (Å²) in [7, 11) is 0. The molecule has 0 fully saturated rings. The molecule has 2 N–H and O–H groups in total. The van der Waals surface area contributed by atoms with Gasteiger partial charge in [-0.1, -0.05) is 60.7 Å². The van der Waals surface area contributed by atoms with Crippen molar-refractivity contribution < 1.29 is 15.1 Å². The number of aliphatic hydroxyl groups excluding tert-OH is 1. The van der Waals surface area contributed by atoms with Gasteiger partial charge in [-0.15, -0.1) is 0 Å². The average molecular weight is 360 g/mol. The lowest BCUT2D eigenvalue weighted by molar-refractivity contribution is -0.899. The smallest absolute Gasteiger partial charge is 0.104 e. The molecule has 0 heterocycles. The SMILES string of the molecule is CC[NH+](CC)CC(O)CC(c1ccccc1)c1ccccc1.O=[N+]([O-])[O-]. The first-order valence-corrected chi connectivity index (χ1v) is 8.90. The number of nitrogens with zero attached hydrogens (tertiary/aromatic N) is 1. The van der Waals surface area contributed by atoms with Gasteiger partial charge in [0, 0.05) is 5.92 Å². The van der Waals surface area contributed by atoms with Gasteiger partial charge < -0.3 is 25.3 Å².